The van der Waals surface area contributed by atoms with Crippen LogP contribution in [0.15, 0.2) is 24.0 Å². The highest BCUT2D eigenvalue weighted by Crippen LogP contribution is 2.11. The van der Waals surface area contributed by atoms with Crippen molar-refractivity contribution in [2.45, 2.75) is 26.8 Å². The third kappa shape index (κ3) is 2.67. The molecule has 0 fully saturated rings. The van der Waals surface area contributed by atoms with Crippen LogP contribution in [0.2, 0.25) is 0 Å². The zero-order valence-electron chi connectivity index (χ0n) is 8.41. The van der Waals surface area contributed by atoms with Crippen LogP contribution < -0.4 is 5.73 Å². The van der Waals surface area contributed by atoms with Crippen molar-refractivity contribution in [1.29, 1.82) is 0 Å². The van der Waals surface area contributed by atoms with Crippen molar-refractivity contribution < 1.29 is 0 Å². The smallest absolute Gasteiger partial charge is 0.0342 e. The van der Waals surface area contributed by atoms with Gasteiger partial charge in [-0.2, -0.15) is 0 Å². The van der Waals surface area contributed by atoms with E-state index in [0.717, 1.165) is 5.56 Å². The molecule has 0 amide bonds. The number of rotatable bonds is 2. The first kappa shape index (κ1) is 9.93. The number of aryl methyl sites for hydroxylation is 1. The average molecular weight is 176 g/mol. The van der Waals surface area contributed by atoms with E-state index in [1.54, 1.807) is 6.20 Å². The van der Waals surface area contributed by atoms with E-state index in [0.29, 0.717) is 0 Å². The Hall–Kier alpha value is -1.15. The maximum Gasteiger partial charge on any atom is 0.0342 e. The van der Waals surface area contributed by atoms with Crippen LogP contribution >= 0.6 is 0 Å². The summed E-state index contributed by atoms with van der Waals surface area (Å²) in [6, 6.07) is 2.11. The Labute approximate surface area is 79.5 Å². The van der Waals surface area contributed by atoms with Crippen LogP contribution in [0.25, 0.3) is 6.08 Å². The van der Waals surface area contributed by atoms with Crippen molar-refractivity contribution in [2.75, 3.05) is 0 Å². The zero-order valence-corrected chi connectivity index (χ0v) is 8.41. The topological polar surface area (TPSA) is 38.9 Å². The molecule has 2 heteroatoms. The number of hydrogen-bond acceptors (Lipinski definition) is 2. The normalized spacial score (nSPS) is 14.3. The molecule has 70 valence electrons. The van der Waals surface area contributed by atoms with Gasteiger partial charge in [-0.25, -0.2) is 0 Å². The summed E-state index contributed by atoms with van der Waals surface area (Å²) in [6.07, 6.45) is 5.75. The molecule has 1 atom stereocenters. The molecular weight excluding hydrogens is 160 g/mol. The van der Waals surface area contributed by atoms with Gasteiger partial charge in [-0.15, -0.1) is 0 Å². The minimum atomic E-state index is 0.111. The molecule has 13 heavy (non-hydrogen) atoms. The Kier molecular flexibility index (Phi) is 3.20. The fraction of sp³-hybridized carbons (Fsp3) is 0.364. The van der Waals surface area contributed by atoms with Crippen LogP contribution in [-0.2, 0) is 0 Å². The molecule has 0 aromatic carbocycles. The second-order valence-electron chi connectivity index (χ2n) is 3.41. The number of nitrogens with zero attached hydrogens (tertiary/aromatic N) is 1. The number of nitrogens with two attached hydrogens (primary N) is 1. The molecule has 1 rings (SSSR count). The molecule has 1 heterocycles. The average Bonchev–Trinajstić information content (AvgIpc) is 2.08. The summed E-state index contributed by atoms with van der Waals surface area (Å²) in [4.78, 5) is 4.07. The van der Waals surface area contributed by atoms with Gasteiger partial charge in [0, 0.05) is 18.4 Å². The SMILES string of the molecule is C/C(=C\c1cnccc1C)C(C)N. The largest absolute Gasteiger partial charge is 0.324 e. The minimum Gasteiger partial charge on any atom is -0.324 e. The predicted octanol–water partition coefficient (Wildman–Crippen LogP) is 2.14. The molecule has 1 aromatic rings. The Morgan fingerprint density at radius 2 is 2.31 bits per heavy atom. The van der Waals surface area contributed by atoms with E-state index >= 15 is 0 Å². The molecule has 0 aliphatic carbocycles. The summed E-state index contributed by atoms with van der Waals surface area (Å²) in [6.45, 7) is 6.09. The quantitative estimate of drug-likeness (QED) is 0.749. The third-order valence-corrected chi connectivity index (χ3v) is 2.18. The van der Waals surface area contributed by atoms with Crippen molar-refractivity contribution in [1.82, 2.24) is 4.98 Å². The molecule has 0 spiro atoms. The molecule has 1 unspecified atom stereocenters. The van der Waals surface area contributed by atoms with Gasteiger partial charge in [0.05, 0.1) is 0 Å². The van der Waals surface area contributed by atoms with Crippen LogP contribution in [-0.4, -0.2) is 11.0 Å². The van der Waals surface area contributed by atoms with Crippen molar-refractivity contribution >= 4 is 6.08 Å². The Morgan fingerprint density at radius 1 is 1.62 bits per heavy atom. The fourth-order valence-electron chi connectivity index (χ4n) is 1.00. The molecule has 2 N–H and O–H groups in total. The third-order valence-electron chi connectivity index (χ3n) is 2.18. The van der Waals surface area contributed by atoms with Gasteiger partial charge in [-0.3, -0.25) is 4.98 Å². The number of aromatic nitrogens is 1. The standard InChI is InChI=1S/C11H16N2/c1-8-4-5-13-7-11(8)6-9(2)10(3)12/h4-7,10H,12H2,1-3H3/b9-6+. The summed E-state index contributed by atoms with van der Waals surface area (Å²) >= 11 is 0. The van der Waals surface area contributed by atoms with Gasteiger partial charge in [0.1, 0.15) is 0 Å². The molecule has 1 aromatic heterocycles. The van der Waals surface area contributed by atoms with Crippen LogP contribution in [0.1, 0.15) is 25.0 Å². The Balaban J connectivity index is 2.97. The van der Waals surface area contributed by atoms with Crippen LogP contribution in [0.4, 0.5) is 0 Å². The summed E-state index contributed by atoms with van der Waals surface area (Å²) in [5, 5.41) is 0. The molecule has 0 saturated heterocycles. The van der Waals surface area contributed by atoms with Crippen molar-refractivity contribution in [2.24, 2.45) is 5.73 Å². The Morgan fingerprint density at radius 3 is 2.85 bits per heavy atom. The van der Waals surface area contributed by atoms with Gasteiger partial charge in [0.25, 0.3) is 0 Å². The van der Waals surface area contributed by atoms with Crippen molar-refractivity contribution in [3.63, 3.8) is 0 Å². The molecule has 2 nitrogen and oxygen atoms in total. The van der Waals surface area contributed by atoms with Crippen LogP contribution in [0, 0.1) is 6.92 Å². The van der Waals surface area contributed by atoms with Crippen LogP contribution in [0.3, 0.4) is 0 Å². The summed E-state index contributed by atoms with van der Waals surface area (Å²) in [7, 11) is 0. The van der Waals surface area contributed by atoms with E-state index < -0.39 is 0 Å². The highest BCUT2D eigenvalue weighted by molar-refractivity contribution is 5.55. The maximum absolute atomic E-state index is 5.75. The lowest BCUT2D eigenvalue weighted by molar-refractivity contribution is 0.867. The highest BCUT2D eigenvalue weighted by atomic mass is 14.6. The van der Waals surface area contributed by atoms with Gasteiger partial charge in [-0.05, 0) is 38.0 Å². The minimum absolute atomic E-state index is 0.111. The van der Waals surface area contributed by atoms with E-state index in [9.17, 15) is 0 Å². The van der Waals surface area contributed by atoms with E-state index in [1.807, 2.05) is 26.1 Å². The zero-order chi connectivity index (χ0) is 9.84. The molecule has 0 radical (unpaired) electrons. The lowest BCUT2D eigenvalue weighted by atomic mass is 10.1. The molecule has 0 aliphatic heterocycles. The van der Waals surface area contributed by atoms with Gasteiger partial charge >= 0.3 is 0 Å². The summed E-state index contributed by atoms with van der Waals surface area (Å²) < 4.78 is 0. The van der Waals surface area contributed by atoms with Gasteiger partial charge in [0.15, 0.2) is 0 Å². The molecule has 0 aliphatic rings. The number of pyridine rings is 1. The van der Waals surface area contributed by atoms with Crippen molar-refractivity contribution in [3.8, 4) is 0 Å². The lowest BCUT2D eigenvalue weighted by Crippen LogP contribution is -2.15. The second-order valence-corrected chi connectivity index (χ2v) is 3.41. The second kappa shape index (κ2) is 4.19. The van der Waals surface area contributed by atoms with Crippen LogP contribution in [0.5, 0.6) is 0 Å². The van der Waals surface area contributed by atoms with Gasteiger partial charge in [-0.1, -0.05) is 11.6 Å². The first-order valence-corrected chi connectivity index (χ1v) is 4.45. The highest BCUT2D eigenvalue weighted by Gasteiger charge is 1.98. The number of hydrogen-bond donors (Lipinski definition) is 1. The Bertz CT molecular complexity index is 314. The van der Waals surface area contributed by atoms with E-state index in [4.69, 9.17) is 5.73 Å². The predicted molar refractivity (Wildman–Crippen MR) is 56.3 cm³/mol. The first-order chi connectivity index (χ1) is 6.11. The lowest BCUT2D eigenvalue weighted by Gasteiger charge is -2.06. The van der Waals surface area contributed by atoms with Gasteiger partial charge in [0.2, 0.25) is 0 Å². The first-order valence-electron chi connectivity index (χ1n) is 4.45. The van der Waals surface area contributed by atoms with E-state index in [1.165, 1.54) is 11.1 Å². The van der Waals surface area contributed by atoms with E-state index in [-0.39, 0.29) is 6.04 Å². The summed E-state index contributed by atoms with van der Waals surface area (Å²) in [5.41, 5.74) is 9.30. The molecule has 0 bridgehead atoms. The monoisotopic (exact) mass is 176 g/mol. The van der Waals surface area contributed by atoms with E-state index in [2.05, 4.69) is 18.0 Å². The molecule has 0 saturated carbocycles. The maximum atomic E-state index is 5.75. The fourth-order valence-corrected chi connectivity index (χ4v) is 1.00. The molecular formula is C11H16N2. The van der Waals surface area contributed by atoms with Gasteiger partial charge < -0.3 is 5.73 Å². The summed E-state index contributed by atoms with van der Waals surface area (Å²) in [5.74, 6) is 0. The van der Waals surface area contributed by atoms with Crippen molar-refractivity contribution in [3.05, 3.63) is 35.2 Å².